The number of benzene rings is 1. The second-order valence-electron chi connectivity index (χ2n) is 3.91. The summed E-state index contributed by atoms with van der Waals surface area (Å²) < 4.78 is 10.4. The summed E-state index contributed by atoms with van der Waals surface area (Å²) in [6, 6.07) is 4.82. The van der Waals surface area contributed by atoms with E-state index in [1.807, 2.05) is 0 Å². The average molecular weight is 277 g/mol. The molecule has 94 valence electrons. The van der Waals surface area contributed by atoms with E-state index in [0.717, 1.165) is 0 Å². The van der Waals surface area contributed by atoms with Crippen LogP contribution in [0, 0.1) is 0 Å². The van der Waals surface area contributed by atoms with Crippen molar-refractivity contribution in [2.75, 3.05) is 6.61 Å². The van der Waals surface area contributed by atoms with E-state index in [2.05, 4.69) is 0 Å². The van der Waals surface area contributed by atoms with Gasteiger partial charge in [-0.3, -0.25) is 0 Å². The Balaban J connectivity index is 2.82. The Kier molecular flexibility index (Phi) is 4.66. The lowest BCUT2D eigenvalue weighted by Crippen LogP contribution is -2.39. The molecule has 0 aromatic heterocycles. The number of carbonyl (C=O) groups excluding carboxylic acids is 1. The molecule has 0 aliphatic heterocycles. The number of halogens is 2. The van der Waals surface area contributed by atoms with Gasteiger partial charge in [0, 0.05) is 6.07 Å². The fourth-order valence-corrected chi connectivity index (χ4v) is 1.47. The molecule has 0 fully saturated rings. The van der Waals surface area contributed by atoms with Gasteiger partial charge in [0.1, 0.15) is 5.75 Å². The van der Waals surface area contributed by atoms with Gasteiger partial charge in [-0.25, -0.2) is 4.79 Å². The molecule has 0 unspecified atom stereocenters. The predicted molar refractivity (Wildman–Crippen MR) is 67.8 cm³/mol. The van der Waals surface area contributed by atoms with Crippen molar-refractivity contribution in [3.8, 4) is 5.75 Å². The molecule has 17 heavy (non-hydrogen) atoms. The van der Waals surface area contributed by atoms with Gasteiger partial charge >= 0.3 is 5.97 Å². The number of hydrogen-bond donors (Lipinski definition) is 0. The highest BCUT2D eigenvalue weighted by Gasteiger charge is 2.31. The van der Waals surface area contributed by atoms with Crippen LogP contribution in [0.3, 0.4) is 0 Å². The van der Waals surface area contributed by atoms with Gasteiger partial charge in [-0.2, -0.15) is 0 Å². The molecule has 0 aliphatic carbocycles. The molecule has 1 rings (SSSR count). The van der Waals surface area contributed by atoms with Gasteiger partial charge in [0.25, 0.3) is 0 Å². The van der Waals surface area contributed by atoms with Crippen molar-refractivity contribution in [3.63, 3.8) is 0 Å². The maximum atomic E-state index is 11.6. The third-order valence-electron chi connectivity index (χ3n) is 2.03. The fourth-order valence-electron chi connectivity index (χ4n) is 1.18. The van der Waals surface area contributed by atoms with Crippen LogP contribution in [0.25, 0.3) is 0 Å². The van der Waals surface area contributed by atoms with Crippen molar-refractivity contribution < 1.29 is 14.3 Å². The van der Waals surface area contributed by atoms with Crippen LogP contribution >= 0.6 is 23.2 Å². The molecule has 0 bridgehead atoms. The highest BCUT2D eigenvalue weighted by molar-refractivity contribution is 6.42. The highest BCUT2D eigenvalue weighted by atomic mass is 35.5. The SMILES string of the molecule is CCOC(=O)C(C)(C)Oc1ccc(Cl)c(Cl)c1. The summed E-state index contributed by atoms with van der Waals surface area (Å²) in [6.45, 7) is 5.32. The fraction of sp³-hybridized carbons (Fsp3) is 0.417. The topological polar surface area (TPSA) is 35.5 Å². The minimum Gasteiger partial charge on any atom is -0.476 e. The van der Waals surface area contributed by atoms with E-state index in [4.69, 9.17) is 32.7 Å². The van der Waals surface area contributed by atoms with Gasteiger partial charge in [-0.05, 0) is 32.9 Å². The number of ether oxygens (including phenoxy) is 2. The maximum Gasteiger partial charge on any atom is 0.349 e. The van der Waals surface area contributed by atoms with Crippen LogP contribution in [0.15, 0.2) is 18.2 Å². The number of esters is 1. The molecule has 0 heterocycles. The monoisotopic (exact) mass is 276 g/mol. The van der Waals surface area contributed by atoms with Crippen molar-refractivity contribution in [1.82, 2.24) is 0 Å². The summed E-state index contributed by atoms with van der Waals surface area (Å²) >= 11 is 11.6. The first-order chi connectivity index (χ1) is 7.86. The van der Waals surface area contributed by atoms with Gasteiger partial charge in [-0.15, -0.1) is 0 Å². The molecule has 0 saturated heterocycles. The van der Waals surface area contributed by atoms with Crippen LogP contribution in [0.2, 0.25) is 10.0 Å². The summed E-state index contributed by atoms with van der Waals surface area (Å²) in [6.07, 6.45) is 0. The van der Waals surface area contributed by atoms with Gasteiger partial charge in [0.15, 0.2) is 5.60 Å². The summed E-state index contributed by atoms with van der Waals surface area (Å²) in [5.74, 6) is 0.0449. The Morgan fingerprint density at radius 2 is 1.94 bits per heavy atom. The normalized spacial score (nSPS) is 11.1. The lowest BCUT2D eigenvalue weighted by atomic mass is 10.1. The lowest BCUT2D eigenvalue weighted by molar-refractivity contribution is -0.158. The predicted octanol–water partition coefficient (Wildman–Crippen LogP) is 3.71. The van der Waals surface area contributed by atoms with Crippen molar-refractivity contribution >= 4 is 29.2 Å². The maximum absolute atomic E-state index is 11.6. The largest absolute Gasteiger partial charge is 0.476 e. The van der Waals surface area contributed by atoms with Crippen molar-refractivity contribution in [1.29, 1.82) is 0 Å². The standard InChI is InChI=1S/C12H14Cl2O3/c1-4-16-11(15)12(2,3)17-8-5-6-9(13)10(14)7-8/h5-7H,4H2,1-3H3. The van der Waals surface area contributed by atoms with Crippen LogP contribution in [-0.4, -0.2) is 18.2 Å². The number of hydrogen-bond acceptors (Lipinski definition) is 3. The first-order valence-electron chi connectivity index (χ1n) is 5.18. The molecule has 0 atom stereocenters. The first kappa shape index (κ1) is 14.1. The van der Waals surface area contributed by atoms with E-state index in [1.165, 1.54) is 0 Å². The van der Waals surface area contributed by atoms with Gasteiger partial charge in [0.05, 0.1) is 16.7 Å². The van der Waals surface area contributed by atoms with Gasteiger partial charge < -0.3 is 9.47 Å². The zero-order valence-electron chi connectivity index (χ0n) is 9.92. The van der Waals surface area contributed by atoms with Gasteiger partial charge in [0.2, 0.25) is 0 Å². The van der Waals surface area contributed by atoms with E-state index in [1.54, 1.807) is 39.0 Å². The van der Waals surface area contributed by atoms with Crippen LogP contribution in [0.5, 0.6) is 5.75 Å². The molecular weight excluding hydrogens is 263 g/mol. The van der Waals surface area contributed by atoms with E-state index in [-0.39, 0.29) is 0 Å². The van der Waals surface area contributed by atoms with Gasteiger partial charge in [-0.1, -0.05) is 23.2 Å². The molecule has 0 spiro atoms. The van der Waals surface area contributed by atoms with E-state index in [0.29, 0.717) is 22.4 Å². The Labute approximate surface area is 111 Å². The highest BCUT2D eigenvalue weighted by Crippen LogP contribution is 2.28. The molecule has 3 nitrogen and oxygen atoms in total. The quantitative estimate of drug-likeness (QED) is 0.787. The number of rotatable bonds is 4. The van der Waals surface area contributed by atoms with E-state index in [9.17, 15) is 4.79 Å². The smallest absolute Gasteiger partial charge is 0.349 e. The van der Waals surface area contributed by atoms with E-state index < -0.39 is 11.6 Å². The third-order valence-corrected chi connectivity index (χ3v) is 2.77. The minimum atomic E-state index is -1.06. The van der Waals surface area contributed by atoms with Crippen molar-refractivity contribution in [2.24, 2.45) is 0 Å². The average Bonchev–Trinajstić information content (AvgIpc) is 2.23. The van der Waals surface area contributed by atoms with Crippen LogP contribution in [0.4, 0.5) is 0 Å². The number of carbonyl (C=O) groups is 1. The molecule has 5 heteroatoms. The molecule has 1 aromatic carbocycles. The Hall–Kier alpha value is -0.930. The second-order valence-corrected chi connectivity index (χ2v) is 4.72. The van der Waals surface area contributed by atoms with Crippen molar-refractivity contribution in [3.05, 3.63) is 28.2 Å². The lowest BCUT2D eigenvalue weighted by Gasteiger charge is -2.24. The summed E-state index contributed by atoms with van der Waals surface area (Å²) in [5.41, 5.74) is -1.06. The second kappa shape index (κ2) is 5.61. The zero-order valence-corrected chi connectivity index (χ0v) is 11.4. The third kappa shape index (κ3) is 3.79. The summed E-state index contributed by atoms with van der Waals surface area (Å²) in [7, 11) is 0. The van der Waals surface area contributed by atoms with E-state index >= 15 is 0 Å². The van der Waals surface area contributed by atoms with Crippen LogP contribution in [-0.2, 0) is 9.53 Å². The summed E-state index contributed by atoms with van der Waals surface area (Å²) in [4.78, 5) is 11.6. The Morgan fingerprint density at radius 1 is 1.29 bits per heavy atom. The molecule has 0 saturated carbocycles. The van der Waals surface area contributed by atoms with Crippen LogP contribution < -0.4 is 4.74 Å². The molecule has 0 N–H and O–H groups in total. The minimum absolute atomic E-state index is 0.312. The Morgan fingerprint density at radius 3 is 2.47 bits per heavy atom. The Bertz CT molecular complexity index is 416. The summed E-state index contributed by atoms with van der Waals surface area (Å²) in [5, 5.41) is 0.816. The molecule has 1 aromatic rings. The van der Waals surface area contributed by atoms with Crippen LogP contribution in [0.1, 0.15) is 20.8 Å². The first-order valence-corrected chi connectivity index (χ1v) is 5.93. The molecular formula is C12H14Cl2O3. The zero-order chi connectivity index (χ0) is 13.1. The molecule has 0 aliphatic rings. The van der Waals surface area contributed by atoms with Crippen molar-refractivity contribution in [2.45, 2.75) is 26.4 Å². The molecule has 0 amide bonds. The molecule has 0 radical (unpaired) electrons.